The molecule has 4 aliphatic carbocycles. The molecular weight excluding hydrogens is 160 g/mol. The van der Waals surface area contributed by atoms with Crippen molar-refractivity contribution in [1.82, 2.24) is 0 Å². The molecule has 2 atom stereocenters. The van der Waals surface area contributed by atoms with Crippen LogP contribution < -0.4 is 0 Å². The summed E-state index contributed by atoms with van der Waals surface area (Å²) in [6, 6.07) is 0. The molecule has 0 amide bonds. The zero-order valence-electron chi connectivity index (χ0n) is 8.77. The summed E-state index contributed by atoms with van der Waals surface area (Å²) in [7, 11) is 0. The fourth-order valence-corrected chi connectivity index (χ4v) is 5.39. The Balaban J connectivity index is 2.03. The van der Waals surface area contributed by atoms with Crippen LogP contribution in [0.5, 0.6) is 0 Å². The minimum Gasteiger partial charge on any atom is -0.390 e. The molecule has 0 aromatic carbocycles. The van der Waals surface area contributed by atoms with E-state index in [0.717, 1.165) is 25.2 Å². The van der Waals surface area contributed by atoms with Crippen molar-refractivity contribution in [3.05, 3.63) is 0 Å². The summed E-state index contributed by atoms with van der Waals surface area (Å²) in [5.74, 6) is 0.830. The minimum atomic E-state index is -0.275. The molecule has 1 heteroatoms. The van der Waals surface area contributed by atoms with Crippen molar-refractivity contribution in [2.75, 3.05) is 0 Å². The molecule has 0 saturated heterocycles. The Morgan fingerprint density at radius 3 is 1.85 bits per heavy atom. The SMILES string of the molecule is C[C@@]12CC3CC(O)(C1)C[C@@](C)(C3)C2. The molecule has 1 N–H and O–H groups in total. The van der Waals surface area contributed by atoms with Crippen LogP contribution in [0.4, 0.5) is 0 Å². The lowest BCUT2D eigenvalue weighted by Crippen LogP contribution is -2.58. The van der Waals surface area contributed by atoms with E-state index in [1.54, 1.807) is 0 Å². The fraction of sp³-hybridized carbons (Fsp3) is 1.00. The Labute approximate surface area is 80.5 Å². The molecule has 0 spiro atoms. The standard InChI is InChI=1S/C12H20O/c1-10-3-9-4-11(2,6-10)8-12(13,5-9)7-10/h9,13H,3-8H2,1-2H3/t9?,10-,11-,12?/m0/s1. The highest BCUT2D eigenvalue weighted by atomic mass is 16.3. The predicted octanol–water partition coefficient (Wildman–Crippen LogP) is 2.73. The van der Waals surface area contributed by atoms with Crippen molar-refractivity contribution in [2.45, 2.75) is 58.0 Å². The molecule has 0 aliphatic heterocycles. The lowest BCUT2D eigenvalue weighted by atomic mass is 9.44. The third-order valence-corrected chi connectivity index (χ3v) is 4.60. The van der Waals surface area contributed by atoms with Crippen LogP contribution in [-0.4, -0.2) is 10.7 Å². The normalized spacial score (nSPS) is 64.4. The first kappa shape index (κ1) is 8.28. The van der Waals surface area contributed by atoms with Gasteiger partial charge in [0.25, 0.3) is 0 Å². The van der Waals surface area contributed by atoms with E-state index >= 15 is 0 Å². The van der Waals surface area contributed by atoms with E-state index in [1.165, 1.54) is 19.3 Å². The van der Waals surface area contributed by atoms with Crippen LogP contribution >= 0.6 is 0 Å². The smallest absolute Gasteiger partial charge is 0.0660 e. The predicted molar refractivity (Wildman–Crippen MR) is 52.4 cm³/mol. The van der Waals surface area contributed by atoms with Gasteiger partial charge in [0.2, 0.25) is 0 Å². The van der Waals surface area contributed by atoms with Gasteiger partial charge in [-0.1, -0.05) is 13.8 Å². The molecule has 0 radical (unpaired) electrons. The van der Waals surface area contributed by atoms with Gasteiger partial charge in [0, 0.05) is 0 Å². The first-order valence-corrected chi connectivity index (χ1v) is 5.63. The van der Waals surface area contributed by atoms with Crippen LogP contribution in [0, 0.1) is 16.7 Å². The number of hydrogen-bond acceptors (Lipinski definition) is 1. The van der Waals surface area contributed by atoms with Crippen LogP contribution in [0.2, 0.25) is 0 Å². The summed E-state index contributed by atoms with van der Waals surface area (Å²) >= 11 is 0. The van der Waals surface area contributed by atoms with Gasteiger partial charge in [-0.05, 0) is 55.3 Å². The average molecular weight is 180 g/mol. The molecule has 74 valence electrons. The zero-order chi connectivity index (χ0) is 9.32. The lowest BCUT2D eigenvalue weighted by Gasteiger charge is -2.63. The van der Waals surface area contributed by atoms with Gasteiger partial charge in [0.1, 0.15) is 0 Å². The molecule has 0 heterocycles. The molecular formula is C12H20O. The van der Waals surface area contributed by atoms with E-state index in [9.17, 15) is 5.11 Å². The van der Waals surface area contributed by atoms with Gasteiger partial charge < -0.3 is 5.11 Å². The van der Waals surface area contributed by atoms with Crippen molar-refractivity contribution in [2.24, 2.45) is 16.7 Å². The molecule has 0 unspecified atom stereocenters. The number of aliphatic hydroxyl groups is 1. The summed E-state index contributed by atoms with van der Waals surface area (Å²) in [6.07, 6.45) is 7.37. The van der Waals surface area contributed by atoms with Gasteiger partial charge in [0.15, 0.2) is 0 Å². The third kappa shape index (κ3) is 1.09. The molecule has 0 aromatic heterocycles. The zero-order valence-corrected chi connectivity index (χ0v) is 8.77. The minimum absolute atomic E-state index is 0.275. The maximum absolute atomic E-state index is 10.4. The van der Waals surface area contributed by atoms with Crippen LogP contribution in [0.25, 0.3) is 0 Å². The number of hydrogen-bond donors (Lipinski definition) is 1. The first-order chi connectivity index (χ1) is 5.91. The summed E-state index contributed by atoms with van der Waals surface area (Å²) in [5.41, 5.74) is 0.675. The molecule has 1 nitrogen and oxygen atoms in total. The highest BCUT2D eigenvalue weighted by Crippen LogP contribution is 2.66. The number of rotatable bonds is 0. The van der Waals surface area contributed by atoms with E-state index in [0.29, 0.717) is 10.8 Å². The van der Waals surface area contributed by atoms with Gasteiger partial charge in [-0.3, -0.25) is 0 Å². The molecule has 4 aliphatic rings. The van der Waals surface area contributed by atoms with Crippen LogP contribution in [0.15, 0.2) is 0 Å². The Kier molecular flexibility index (Phi) is 1.26. The van der Waals surface area contributed by atoms with Gasteiger partial charge in [-0.15, -0.1) is 0 Å². The van der Waals surface area contributed by atoms with E-state index in [-0.39, 0.29) is 5.60 Å². The van der Waals surface area contributed by atoms with Gasteiger partial charge >= 0.3 is 0 Å². The highest BCUT2D eigenvalue weighted by molar-refractivity contribution is 5.10. The summed E-state index contributed by atoms with van der Waals surface area (Å²) in [6.45, 7) is 4.78. The first-order valence-electron chi connectivity index (χ1n) is 5.63. The summed E-state index contributed by atoms with van der Waals surface area (Å²) in [5, 5.41) is 10.4. The van der Waals surface area contributed by atoms with Crippen molar-refractivity contribution in [3.8, 4) is 0 Å². The Hall–Kier alpha value is -0.0400. The molecule has 4 saturated carbocycles. The monoisotopic (exact) mass is 180 g/mol. The van der Waals surface area contributed by atoms with Gasteiger partial charge in [-0.25, -0.2) is 0 Å². The van der Waals surface area contributed by atoms with E-state index in [4.69, 9.17) is 0 Å². The molecule has 0 aromatic rings. The maximum atomic E-state index is 10.4. The van der Waals surface area contributed by atoms with Crippen molar-refractivity contribution in [1.29, 1.82) is 0 Å². The van der Waals surface area contributed by atoms with Gasteiger partial charge in [-0.2, -0.15) is 0 Å². The third-order valence-electron chi connectivity index (χ3n) is 4.60. The second-order valence-electron chi connectivity index (χ2n) is 6.85. The van der Waals surface area contributed by atoms with Crippen molar-refractivity contribution in [3.63, 3.8) is 0 Å². The van der Waals surface area contributed by atoms with Crippen molar-refractivity contribution < 1.29 is 5.11 Å². The summed E-state index contributed by atoms with van der Waals surface area (Å²) < 4.78 is 0. The Morgan fingerprint density at radius 2 is 1.46 bits per heavy atom. The molecule has 4 bridgehead atoms. The van der Waals surface area contributed by atoms with E-state index < -0.39 is 0 Å². The van der Waals surface area contributed by atoms with E-state index in [1.807, 2.05) is 0 Å². The highest BCUT2D eigenvalue weighted by Gasteiger charge is 2.59. The second-order valence-corrected chi connectivity index (χ2v) is 6.85. The van der Waals surface area contributed by atoms with Crippen LogP contribution in [-0.2, 0) is 0 Å². The van der Waals surface area contributed by atoms with E-state index in [2.05, 4.69) is 13.8 Å². The van der Waals surface area contributed by atoms with Crippen LogP contribution in [0.1, 0.15) is 52.4 Å². The van der Waals surface area contributed by atoms with Gasteiger partial charge in [0.05, 0.1) is 5.60 Å². The van der Waals surface area contributed by atoms with Crippen molar-refractivity contribution >= 4 is 0 Å². The molecule has 13 heavy (non-hydrogen) atoms. The fourth-order valence-electron chi connectivity index (χ4n) is 5.39. The molecule has 4 rings (SSSR count). The topological polar surface area (TPSA) is 20.2 Å². The second kappa shape index (κ2) is 1.98. The molecule has 4 fully saturated rings. The summed E-state index contributed by atoms with van der Waals surface area (Å²) in [4.78, 5) is 0. The Morgan fingerprint density at radius 1 is 0.923 bits per heavy atom. The quantitative estimate of drug-likeness (QED) is 0.607. The maximum Gasteiger partial charge on any atom is 0.0660 e. The average Bonchev–Trinajstić information content (AvgIpc) is 1.71. The Bertz CT molecular complexity index is 207. The largest absolute Gasteiger partial charge is 0.390 e. The van der Waals surface area contributed by atoms with Crippen LogP contribution in [0.3, 0.4) is 0 Å². The lowest BCUT2D eigenvalue weighted by molar-refractivity contribution is -0.189.